The van der Waals surface area contributed by atoms with Crippen molar-refractivity contribution in [3.05, 3.63) is 102 Å². The van der Waals surface area contributed by atoms with Gasteiger partial charge in [-0.1, -0.05) is 29.5 Å². The number of hydrogen-bond donors (Lipinski definition) is 0. The molecule has 4 aromatic rings. The zero-order valence-electron chi connectivity index (χ0n) is 19.6. The van der Waals surface area contributed by atoms with E-state index in [4.69, 9.17) is 9.15 Å². The van der Waals surface area contributed by atoms with E-state index in [9.17, 15) is 13.2 Å². The van der Waals surface area contributed by atoms with Gasteiger partial charge in [0.25, 0.3) is 0 Å². The van der Waals surface area contributed by atoms with Crippen LogP contribution in [0.2, 0.25) is 0 Å². The summed E-state index contributed by atoms with van der Waals surface area (Å²) < 4.78 is 51.0. The van der Waals surface area contributed by atoms with Crippen LogP contribution in [-0.4, -0.2) is 20.0 Å². The maximum absolute atomic E-state index is 12.7. The topological polar surface area (TPSA) is 66.0 Å². The molecule has 36 heavy (non-hydrogen) atoms. The van der Waals surface area contributed by atoms with Crippen LogP contribution >= 0.6 is 0 Å². The third kappa shape index (κ3) is 7.31. The molecule has 9 heteroatoms. The highest BCUT2D eigenvalue weighted by Gasteiger charge is 2.29. The first kappa shape index (κ1) is 25.2. The molecule has 2 aromatic heterocycles. The van der Waals surface area contributed by atoms with E-state index >= 15 is 0 Å². The summed E-state index contributed by atoms with van der Waals surface area (Å²) in [5.74, 6) is 1.07. The molecule has 0 unspecified atom stereocenters. The van der Waals surface area contributed by atoms with Crippen molar-refractivity contribution in [1.29, 1.82) is 0 Å². The highest BCUT2D eigenvalue weighted by atomic mass is 19.4. The Kier molecular flexibility index (Phi) is 8.20. The smallest absolute Gasteiger partial charge is 0.416 e. The normalized spacial score (nSPS) is 11.9. The number of nitrogens with zero attached hydrogens (tertiary/aromatic N) is 4. The molecule has 1 radical (unpaired) electrons. The molecule has 0 bridgehead atoms. The molecule has 2 aromatic carbocycles. The Hall–Kier alpha value is -3.88. The van der Waals surface area contributed by atoms with E-state index < -0.39 is 11.7 Å². The standard InChI is InChI=1S/C27H26F3N4O2/c1-2-23-17-34(33-32-23)16-4-3-5-20-8-13-25(14-9-20)35-18-24-19-36-26(31-24)15-10-21-6-11-22(12-7-21)27(28,29)30/h6-15,17,19H,1-5,16,18H2/b15-10+. The third-order valence-corrected chi connectivity index (χ3v) is 5.48. The fraction of sp³-hybridized carbons (Fsp3) is 0.259. The monoisotopic (exact) mass is 495 g/mol. The molecular weight excluding hydrogens is 469 g/mol. The summed E-state index contributed by atoms with van der Waals surface area (Å²) in [6.07, 6.45) is 6.00. The van der Waals surface area contributed by atoms with Crippen LogP contribution in [0.25, 0.3) is 12.2 Å². The number of aromatic nitrogens is 4. The Balaban J connectivity index is 1.19. The van der Waals surface area contributed by atoms with Gasteiger partial charge in [-0.3, -0.25) is 4.68 Å². The summed E-state index contributed by atoms with van der Waals surface area (Å²) in [5.41, 5.74) is 2.68. The molecule has 0 saturated carbocycles. The van der Waals surface area contributed by atoms with Crippen LogP contribution < -0.4 is 4.74 Å². The zero-order chi connectivity index (χ0) is 25.4. The van der Waals surface area contributed by atoms with Gasteiger partial charge in [0.2, 0.25) is 5.89 Å². The predicted molar refractivity (Wildman–Crippen MR) is 130 cm³/mol. The number of alkyl halides is 3. The maximum Gasteiger partial charge on any atom is 0.416 e. The van der Waals surface area contributed by atoms with Crippen LogP contribution in [0.3, 0.4) is 0 Å². The molecule has 0 aliphatic heterocycles. The highest BCUT2D eigenvalue weighted by Crippen LogP contribution is 2.29. The lowest BCUT2D eigenvalue weighted by atomic mass is 10.1. The van der Waals surface area contributed by atoms with Gasteiger partial charge in [0, 0.05) is 18.8 Å². The molecule has 4 rings (SSSR count). The van der Waals surface area contributed by atoms with Crippen molar-refractivity contribution < 1.29 is 22.3 Å². The third-order valence-electron chi connectivity index (χ3n) is 5.48. The fourth-order valence-corrected chi connectivity index (χ4v) is 3.49. The van der Waals surface area contributed by atoms with Gasteiger partial charge < -0.3 is 9.15 Å². The molecule has 0 saturated heterocycles. The molecule has 0 aliphatic carbocycles. The largest absolute Gasteiger partial charge is 0.487 e. The Morgan fingerprint density at radius 2 is 1.75 bits per heavy atom. The first-order valence-electron chi connectivity index (χ1n) is 11.6. The number of unbranched alkanes of at least 4 members (excludes halogenated alkanes) is 1. The minimum absolute atomic E-state index is 0.240. The molecule has 0 N–H and O–H groups in total. The second-order valence-corrected chi connectivity index (χ2v) is 8.24. The van der Waals surface area contributed by atoms with Crippen molar-refractivity contribution in [3.63, 3.8) is 0 Å². The average molecular weight is 496 g/mol. The Bertz CT molecular complexity index is 1260. The van der Waals surface area contributed by atoms with Gasteiger partial charge in [-0.05, 0) is 74.1 Å². The van der Waals surface area contributed by atoms with Crippen LogP contribution in [0.1, 0.15) is 46.8 Å². The van der Waals surface area contributed by atoms with Crippen molar-refractivity contribution in [3.8, 4) is 5.75 Å². The van der Waals surface area contributed by atoms with Crippen molar-refractivity contribution in [2.24, 2.45) is 0 Å². The van der Waals surface area contributed by atoms with Crippen LogP contribution in [0.5, 0.6) is 5.75 Å². The molecular formula is C27H26F3N4O2. The molecule has 2 heterocycles. The maximum atomic E-state index is 12.7. The van der Waals surface area contributed by atoms with Crippen molar-refractivity contribution in [2.45, 2.75) is 45.0 Å². The van der Waals surface area contributed by atoms with E-state index in [1.165, 1.54) is 24.0 Å². The minimum Gasteiger partial charge on any atom is -0.487 e. The van der Waals surface area contributed by atoms with Gasteiger partial charge >= 0.3 is 6.18 Å². The van der Waals surface area contributed by atoms with E-state index in [-0.39, 0.29) is 6.61 Å². The van der Waals surface area contributed by atoms with E-state index in [0.717, 1.165) is 49.4 Å². The van der Waals surface area contributed by atoms with Gasteiger partial charge in [0.15, 0.2) is 0 Å². The summed E-state index contributed by atoms with van der Waals surface area (Å²) in [6, 6.07) is 12.8. The number of ether oxygens (including phenoxy) is 1. The summed E-state index contributed by atoms with van der Waals surface area (Å²) in [4.78, 5) is 4.32. The SMILES string of the molecule is [CH2]Cc1cn(CCCCc2ccc(OCc3coc(/C=C/c4ccc(C(F)(F)F)cc4)n3)cc2)nn1. The number of halogens is 3. The first-order chi connectivity index (χ1) is 17.4. The van der Waals surface area contributed by atoms with E-state index in [1.54, 1.807) is 12.2 Å². The summed E-state index contributed by atoms with van der Waals surface area (Å²) in [5, 5.41) is 8.13. The Morgan fingerprint density at radius 3 is 2.44 bits per heavy atom. The van der Waals surface area contributed by atoms with E-state index in [2.05, 4.69) is 22.2 Å². The van der Waals surface area contributed by atoms with E-state index in [0.29, 0.717) is 23.6 Å². The number of oxazole rings is 1. The molecule has 0 fully saturated rings. The Morgan fingerprint density at radius 1 is 0.972 bits per heavy atom. The van der Waals surface area contributed by atoms with Gasteiger partial charge in [0.05, 0.1) is 11.3 Å². The fourth-order valence-electron chi connectivity index (χ4n) is 3.49. The second kappa shape index (κ2) is 11.7. The molecule has 0 spiro atoms. The highest BCUT2D eigenvalue weighted by molar-refractivity contribution is 5.66. The van der Waals surface area contributed by atoms with E-state index in [1.807, 2.05) is 35.1 Å². The van der Waals surface area contributed by atoms with Crippen molar-refractivity contribution in [2.75, 3.05) is 0 Å². The first-order valence-corrected chi connectivity index (χ1v) is 11.6. The van der Waals surface area contributed by atoms with Crippen LogP contribution in [-0.2, 0) is 32.2 Å². The summed E-state index contributed by atoms with van der Waals surface area (Å²) >= 11 is 0. The molecule has 6 nitrogen and oxygen atoms in total. The van der Waals surface area contributed by atoms with Gasteiger partial charge in [-0.15, -0.1) is 5.10 Å². The Labute approximate surface area is 207 Å². The average Bonchev–Trinajstić information content (AvgIpc) is 3.54. The second-order valence-electron chi connectivity index (χ2n) is 8.24. The number of rotatable bonds is 11. The molecule has 0 atom stereocenters. The lowest BCUT2D eigenvalue weighted by Gasteiger charge is -2.06. The van der Waals surface area contributed by atoms with Crippen LogP contribution in [0.4, 0.5) is 13.2 Å². The van der Waals surface area contributed by atoms with Gasteiger partial charge in [-0.2, -0.15) is 13.2 Å². The number of aryl methyl sites for hydroxylation is 2. The lowest BCUT2D eigenvalue weighted by molar-refractivity contribution is -0.137. The summed E-state index contributed by atoms with van der Waals surface area (Å²) in [7, 11) is 0. The quantitative estimate of drug-likeness (QED) is 0.224. The van der Waals surface area contributed by atoms with Gasteiger partial charge in [0.1, 0.15) is 24.3 Å². The molecule has 187 valence electrons. The lowest BCUT2D eigenvalue weighted by Crippen LogP contribution is -2.03. The molecule has 0 aliphatic rings. The van der Waals surface area contributed by atoms with Crippen molar-refractivity contribution in [1.82, 2.24) is 20.0 Å². The summed E-state index contributed by atoms with van der Waals surface area (Å²) in [6.45, 7) is 4.89. The van der Waals surface area contributed by atoms with Crippen LogP contribution in [0.15, 0.2) is 65.4 Å². The zero-order valence-corrected chi connectivity index (χ0v) is 19.6. The number of hydrogen-bond acceptors (Lipinski definition) is 5. The number of benzene rings is 2. The molecule has 0 amide bonds. The minimum atomic E-state index is -4.35. The predicted octanol–water partition coefficient (Wildman–Crippen LogP) is 6.43. The van der Waals surface area contributed by atoms with Crippen LogP contribution in [0, 0.1) is 6.92 Å². The van der Waals surface area contributed by atoms with Gasteiger partial charge in [-0.25, -0.2) is 4.98 Å². The van der Waals surface area contributed by atoms with Crippen molar-refractivity contribution >= 4 is 12.2 Å².